The van der Waals surface area contributed by atoms with Gasteiger partial charge in [0, 0.05) is 42.3 Å². The predicted molar refractivity (Wildman–Crippen MR) is 141 cm³/mol. The highest BCUT2D eigenvalue weighted by molar-refractivity contribution is 7.98. The highest BCUT2D eigenvalue weighted by Gasteiger charge is 2.21. The van der Waals surface area contributed by atoms with Crippen molar-refractivity contribution in [3.63, 3.8) is 0 Å². The zero-order valence-corrected chi connectivity index (χ0v) is 20.2. The number of pyridine rings is 1. The number of carboxylic acid groups (broad SMARTS) is 1. The molecule has 8 nitrogen and oxygen atoms in total. The minimum atomic E-state index is -0.977. The number of aliphatic imine (C=N–C) groups is 2. The Morgan fingerprint density at radius 3 is 2.66 bits per heavy atom. The fraction of sp³-hybridized carbons (Fsp3) is 0.231. The van der Waals surface area contributed by atoms with Gasteiger partial charge in [-0.1, -0.05) is 42.5 Å². The van der Waals surface area contributed by atoms with E-state index in [1.807, 2.05) is 36.4 Å². The molecule has 1 aromatic heterocycles. The van der Waals surface area contributed by atoms with Gasteiger partial charge in [-0.25, -0.2) is 9.78 Å². The van der Waals surface area contributed by atoms with Gasteiger partial charge < -0.3 is 20.6 Å². The number of aromatic nitrogens is 1. The van der Waals surface area contributed by atoms with Crippen LogP contribution in [-0.4, -0.2) is 65.5 Å². The molecule has 4 N–H and O–H groups in total. The molecule has 1 unspecified atom stereocenters. The maximum Gasteiger partial charge on any atom is 0.335 e. The van der Waals surface area contributed by atoms with E-state index in [0.717, 1.165) is 27.8 Å². The normalized spacial score (nSPS) is 12.0. The molecular formula is C26H28N4O4S. The number of rotatable bonds is 12. The zero-order chi connectivity index (χ0) is 25.2. The first kappa shape index (κ1) is 26.1. The number of anilines is 1. The van der Waals surface area contributed by atoms with Crippen molar-refractivity contribution in [1.29, 1.82) is 0 Å². The van der Waals surface area contributed by atoms with Crippen LogP contribution >= 0.6 is 11.8 Å². The third kappa shape index (κ3) is 6.75. The molecule has 9 heteroatoms. The summed E-state index contributed by atoms with van der Waals surface area (Å²) in [6.45, 7) is 3.67. The lowest BCUT2D eigenvalue weighted by molar-refractivity contribution is 0.0696. The summed E-state index contributed by atoms with van der Waals surface area (Å²) in [6, 6.07) is 16.6. The number of carbonyl (C=O) groups is 1. The summed E-state index contributed by atoms with van der Waals surface area (Å²) in [5.41, 5.74) is 4.52. The molecule has 35 heavy (non-hydrogen) atoms. The van der Waals surface area contributed by atoms with Crippen LogP contribution in [0.5, 0.6) is 0 Å². The Labute approximate surface area is 208 Å². The van der Waals surface area contributed by atoms with Crippen LogP contribution in [0.1, 0.15) is 27.0 Å². The van der Waals surface area contributed by atoms with Crippen molar-refractivity contribution in [3.05, 3.63) is 76.9 Å². The van der Waals surface area contributed by atoms with Crippen molar-refractivity contribution in [1.82, 2.24) is 4.98 Å². The molecule has 0 aliphatic rings. The van der Waals surface area contributed by atoms with Gasteiger partial charge in [0.25, 0.3) is 0 Å². The second-order valence-corrected chi connectivity index (χ2v) is 8.64. The molecule has 3 aromatic rings. The largest absolute Gasteiger partial charge is 0.478 e. The monoisotopic (exact) mass is 492 g/mol. The standard InChI is InChI=1S/C26H28N4O4S/c1-27-13-21-23(18-8-4-3-5-9-18)22(14-28-2)25(30-24(21)29-12-20(32)15-31)35-16-17-7-6-10-19(11-17)26(33)34/h3-11,14,20,31-32H,1,12-13,15-16H2,2H3,(H,29,30)(H,33,34). The Balaban J connectivity index is 2.14. The van der Waals surface area contributed by atoms with Crippen LogP contribution in [0.2, 0.25) is 0 Å². The quantitative estimate of drug-likeness (QED) is 0.224. The lowest BCUT2D eigenvalue weighted by Crippen LogP contribution is -2.24. The molecule has 182 valence electrons. The molecular weight excluding hydrogens is 464 g/mol. The molecule has 0 aliphatic carbocycles. The first-order chi connectivity index (χ1) is 17.0. The minimum Gasteiger partial charge on any atom is -0.478 e. The maximum absolute atomic E-state index is 11.4. The van der Waals surface area contributed by atoms with Crippen molar-refractivity contribution < 1.29 is 20.1 Å². The molecule has 0 spiro atoms. The molecule has 0 aliphatic heterocycles. The van der Waals surface area contributed by atoms with E-state index in [1.165, 1.54) is 11.8 Å². The molecule has 1 atom stereocenters. The number of benzene rings is 2. The Morgan fingerprint density at radius 1 is 1.23 bits per heavy atom. The van der Waals surface area contributed by atoms with Crippen LogP contribution in [0, 0.1) is 0 Å². The summed E-state index contributed by atoms with van der Waals surface area (Å²) >= 11 is 1.46. The first-order valence-corrected chi connectivity index (χ1v) is 11.9. The van der Waals surface area contributed by atoms with Crippen molar-refractivity contribution in [2.24, 2.45) is 9.98 Å². The second kappa shape index (κ2) is 12.8. The number of nitrogens with one attached hydrogen (secondary N) is 1. The summed E-state index contributed by atoms with van der Waals surface area (Å²) < 4.78 is 0. The van der Waals surface area contributed by atoms with E-state index in [2.05, 4.69) is 22.0 Å². The number of aliphatic hydroxyl groups excluding tert-OH is 2. The highest BCUT2D eigenvalue weighted by atomic mass is 32.2. The van der Waals surface area contributed by atoms with E-state index in [9.17, 15) is 20.1 Å². The van der Waals surface area contributed by atoms with E-state index in [1.54, 1.807) is 31.5 Å². The number of aromatic carboxylic acids is 1. The summed E-state index contributed by atoms with van der Waals surface area (Å²) in [6.07, 6.45) is 0.804. The number of nitrogens with zero attached hydrogens (tertiary/aromatic N) is 3. The molecule has 0 saturated carbocycles. The molecule has 0 radical (unpaired) electrons. The molecule has 0 amide bonds. The highest BCUT2D eigenvalue weighted by Crippen LogP contribution is 2.38. The van der Waals surface area contributed by atoms with E-state index in [4.69, 9.17) is 4.98 Å². The van der Waals surface area contributed by atoms with Crippen LogP contribution < -0.4 is 5.32 Å². The Kier molecular flexibility index (Phi) is 9.54. The van der Waals surface area contributed by atoms with Gasteiger partial charge in [-0.3, -0.25) is 9.98 Å². The first-order valence-electron chi connectivity index (χ1n) is 10.9. The van der Waals surface area contributed by atoms with Gasteiger partial charge in [0.1, 0.15) is 10.8 Å². The Morgan fingerprint density at radius 2 is 2.00 bits per heavy atom. The molecule has 1 heterocycles. The molecule has 0 saturated heterocycles. The van der Waals surface area contributed by atoms with Gasteiger partial charge in [0.2, 0.25) is 0 Å². The van der Waals surface area contributed by atoms with E-state index in [-0.39, 0.29) is 25.3 Å². The van der Waals surface area contributed by atoms with Crippen LogP contribution in [0.15, 0.2) is 69.6 Å². The SMILES string of the molecule is C=NCc1c(NCC(O)CO)nc(SCc2cccc(C(=O)O)c2)c(C=NC)c1-c1ccccc1. The molecule has 0 bridgehead atoms. The fourth-order valence-electron chi connectivity index (χ4n) is 3.55. The third-order valence-electron chi connectivity index (χ3n) is 5.16. The summed E-state index contributed by atoms with van der Waals surface area (Å²) in [7, 11) is 1.69. The molecule has 2 aromatic carbocycles. The average molecular weight is 493 g/mol. The summed E-state index contributed by atoms with van der Waals surface area (Å²) in [5, 5.41) is 32.3. The Bertz CT molecular complexity index is 1200. The number of thioether (sulfide) groups is 1. The average Bonchev–Trinajstić information content (AvgIpc) is 2.88. The minimum absolute atomic E-state index is 0.105. The number of hydrogen-bond acceptors (Lipinski definition) is 8. The second-order valence-electron chi connectivity index (χ2n) is 7.68. The van der Waals surface area contributed by atoms with Gasteiger partial charge in [-0.05, 0) is 30.0 Å². The van der Waals surface area contributed by atoms with Gasteiger partial charge in [-0.2, -0.15) is 0 Å². The number of hydrogen-bond donors (Lipinski definition) is 4. The number of aliphatic hydroxyl groups is 2. The Hall–Kier alpha value is -3.53. The van der Waals surface area contributed by atoms with Crippen molar-refractivity contribution in [3.8, 4) is 11.1 Å². The lowest BCUT2D eigenvalue weighted by Gasteiger charge is -2.20. The van der Waals surface area contributed by atoms with Gasteiger partial charge in [-0.15, -0.1) is 11.8 Å². The molecule has 0 fully saturated rings. The van der Waals surface area contributed by atoms with Crippen LogP contribution in [0.4, 0.5) is 5.82 Å². The smallest absolute Gasteiger partial charge is 0.335 e. The van der Waals surface area contributed by atoms with Crippen molar-refractivity contribution >= 4 is 36.5 Å². The van der Waals surface area contributed by atoms with Crippen LogP contribution in [0.3, 0.4) is 0 Å². The van der Waals surface area contributed by atoms with Crippen LogP contribution in [0.25, 0.3) is 11.1 Å². The number of carboxylic acids is 1. The zero-order valence-electron chi connectivity index (χ0n) is 19.4. The maximum atomic E-state index is 11.4. The summed E-state index contributed by atoms with van der Waals surface area (Å²) in [4.78, 5) is 24.6. The van der Waals surface area contributed by atoms with Crippen molar-refractivity contribution in [2.45, 2.75) is 23.4 Å². The summed E-state index contributed by atoms with van der Waals surface area (Å²) in [5.74, 6) is 0.0409. The van der Waals surface area contributed by atoms with Gasteiger partial charge in [0.15, 0.2) is 0 Å². The van der Waals surface area contributed by atoms with Crippen molar-refractivity contribution in [2.75, 3.05) is 25.5 Å². The lowest BCUT2D eigenvalue weighted by atomic mass is 9.96. The van der Waals surface area contributed by atoms with Gasteiger partial charge >= 0.3 is 5.97 Å². The molecule has 3 rings (SSSR count). The van der Waals surface area contributed by atoms with E-state index >= 15 is 0 Å². The predicted octanol–water partition coefficient (Wildman–Crippen LogP) is 3.75. The third-order valence-corrected chi connectivity index (χ3v) is 6.22. The van der Waals surface area contributed by atoms with Crippen LogP contribution in [-0.2, 0) is 12.3 Å². The van der Waals surface area contributed by atoms with E-state index in [0.29, 0.717) is 16.6 Å². The van der Waals surface area contributed by atoms with E-state index < -0.39 is 12.1 Å². The fourth-order valence-corrected chi connectivity index (χ4v) is 4.50. The van der Waals surface area contributed by atoms with Gasteiger partial charge in [0.05, 0.1) is 24.8 Å². The topological polar surface area (TPSA) is 127 Å².